The van der Waals surface area contributed by atoms with E-state index in [1.54, 1.807) is 0 Å². The van der Waals surface area contributed by atoms with E-state index < -0.39 is 0 Å². The van der Waals surface area contributed by atoms with Crippen molar-refractivity contribution in [2.75, 3.05) is 32.7 Å². The third-order valence-corrected chi connectivity index (χ3v) is 4.99. The van der Waals surface area contributed by atoms with Crippen molar-refractivity contribution in [2.24, 2.45) is 0 Å². The maximum Gasteiger partial charge on any atom is 0.239 e. The van der Waals surface area contributed by atoms with Crippen LogP contribution in [0.2, 0.25) is 0 Å². The van der Waals surface area contributed by atoms with Crippen LogP contribution < -0.4 is 5.32 Å². The van der Waals surface area contributed by atoms with Crippen molar-refractivity contribution < 1.29 is 4.79 Å². The molecule has 3 heterocycles. The lowest BCUT2D eigenvalue weighted by Crippen LogP contribution is -2.49. The Balaban J connectivity index is 0.00000110. The van der Waals surface area contributed by atoms with Crippen LogP contribution in [0.3, 0.4) is 0 Å². The summed E-state index contributed by atoms with van der Waals surface area (Å²) in [6.45, 7) is 5.44. The van der Waals surface area contributed by atoms with Gasteiger partial charge in [0.2, 0.25) is 5.91 Å². The number of halogens is 2. The van der Waals surface area contributed by atoms with Crippen molar-refractivity contribution in [3.05, 3.63) is 0 Å². The fourth-order valence-electron chi connectivity index (χ4n) is 3.81. The van der Waals surface area contributed by atoms with Crippen molar-refractivity contribution in [3.8, 4) is 0 Å². The number of nitrogens with one attached hydrogen (secondary N) is 1. The predicted molar refractivity (Wildman–Crippen MR) is 90.5 cm³/mol. The van der Waals surface area contributed by atoms with Crippen molar-refractivity contribution in [3.63, 3.8) is 0 Å². The van der Waals surface area contributed by atoms with E-state index in [0.717, 1.165) is 26.1 Å². The lowest BCUT2D eigenvalue weighted by Gasteiger charge is -2.32. The van der Waals surface area contributed by atoms with E-state index in [0.29, 0.717) is 11.9 Å². The molecule has 4 nitrogen and oxygen atoms in total. The molecule has 21 heavy (non-hydrogen) atoms. The van der Waals surface area contributed by atoms with Gasteiger partial charge in [-0.3, -0.25) is 9.69 Å². The SMILES string of the molecule is Cl.Cl.O=C([C@@H]1CCCCN1)N1CCC(N2CCCCC2)C1. The third-order valence-electron chi connectivity index (χ3n) is 4.99. The minimum atomic E-state index is 0. The molecule has 0 radical (unpaired) electrons. The summed E-state index contributed by atoms with van der Waals surface area (Å²) in [7, 11) is 0. The van der Waals surface area contributed by atoms with Gasteiger partial charge >= 0.3 is 0 Å². The second kappa shape index (κ2) is 9.19. The first kappa shape index (κ1) is 19.0. The number of amides is 1. The van der Waals surface area contributed by atoms with Crippen LogP contribution in [0.25, 0.3) is 0 Å². The quantitative estimate of drug-likeness (QED) is 0.837. The first-order valence-electron chi connectivity index (χ1n) is 8.11. The molecule has 1 N–H and O–H groups in total. The van der Waals surface area contributed by atoms with Crippen LogP contribution in [-0.2, 0) is 4.79 Å². The number of rotatable bonds is 2. The second-order valence-corrected chi connectivity index (χ2v) is 6.33. The maximum absolute atomic E-state index is 12.5. The normalized spacial score (nSPS) is 30.4. The van der Waals surface area contributed by atoms with Gasteiger partial charge in [-0.2, -0.15) is 0 Å². The summed E-state index contributed by atoms with van der Waals surface area (Å²) >= 11 is 0. The molecule has 6 heteroatoms. The van der Waals surface area contributed by atoms with Gasteiger partial charge in [-0.15, -0.1) is 24.8 Å². The van der Waals surface area contributed by atoms with Crippen LogP contribution in [0.4, 0.5) is 0 Å². The molecular weight excluding hydrogens is 309 g/mol. The molecule has 3 saturated heterocycles. The first-order valence-corrected chi connectivity index (χ1v) is 8.11. The number of carbonyl (C=O) groups excluding carboxylic acids is 1. The van der Waals surface area contributed by atoms with Gasteiger partial charge in [0.25, 0.3) is 0 Å². The van der Waals surface area contributed by atoms with Gasteiger partial charge in [0, 0.05) is 19.1 Å². The van der Waals surface area contributed by atoms with Crippen LogP contribution >= 0.6 is 24.8 Å². The van der Waals surface area contributed by atoms with Crippen LogP contribution in [0, 0.1) is 0 Å². The zero-order valence-corrected chi connectivity index (χ0v) is 14.4. The lowest BCUT2D eigenvalue weighted by atomic mass is 10.0. The Bertz CT molecular complexity index is 318. The van der Waals surface area contributed by atoms with Gasteiger partial charge in [0.15, 0.2) is 0 Å². The summed E-state index contributed by atoms with van der Waals surface area (Å²) < 4.78 is 0. The van der Waals surface area contributed by atoms with Crippen LogP contribution in [0.15, 0.2) is 0 Å². The molecule has 0 saturated carbocycles. The monoisotopic (exact) mass is 337 g/mol. The molecule has 1 unspecified atom stereocenters. The van der Waals surface area contributed by atoms with Gasteiger partial charge in [-0.1, -0.05) is 12.8 Å². The Morgan fingerprint density at radius 2 is 1.67 bits per heavy atom. The zero-order chi connectivity index (χ0) is 13.1. The summed E-state index contributed by atoms with van der Waals surface area (Å²) in [6, 6.07) is 0.738. The Hall–Kier alpha value is -0.0300. The minimum Gasteiger partial charge on any atom is -0.340 e. The van der Waals surface area contributed by atoms with E-state index in [1.165, 1.54) is 51.6 Å². The zero-order valence-electron chi connectivity index (χ0n) is 12.8. The molecule has 1 amide bonds. The molecule has 0 bridgehead atoms. The van der Waals surface area contributed by atoms with Gasteiger partial charge in [0.05, 0.1) is 6.04 Å². The van der Waals surface area contributed by atoms with E-state index in [9.17, 15) is 4.79 Å². The number of piperidine rings is 2. The molecule has 0 aromatic heterocycles. The molecule has 3 fully saturated rings. The Kier molecular flexibility index (Phi) is 8.32. The largest absolute Gasteiger partial charge is 0.340 e. The first-order chi connectivity index (χ1) is 9.34. The smallest absolute Gasteiger partial charge is 0.239 e. The average molecular weight is 338 g/mol. The number of hydrogen-bond acceptors (Lipinski definition) is 3. The molecular formula is C15H29Cl2N3O. The van der Waals surface area contributed by atoms with Gasteiger partial charge < -0.3 is 10.2 Å². The number of likely N-dealkylation sites (tertiary alicyclic amines) is 2. The summed E-state index contributed by atoms with van der Waals surface area (Å²) in [5.41, 5.74) is 0. The van der Waals surface area contributed by atoms with Crippen molar-refractivity contribution in [1.29, 1.82) is 0 Å². The minimum absolute atomic E-state index is 0. The second-order valence-electron chi connectivity index (χ2n) is 6.33. The summed E-state index contributed by atoms with van der Waals surface area (Å²) in [5.74, 6) is 0.360. The van der Waals surface area contributed by atoms with Crippen LogP contribution in [0.5, 0.6) is 0 Å². The lowest BCUT2D eigenvalue weighted by molar-refractivity contribution is -0.133. The highest BCUT2D eigenvalue weighted by atomic mass is 35.5. The highest BCUT2D eigenvalue weighted by molar-refractivity contribution is 5.85. The molecule has 3 rings (SSSR count). The van der Waals surface area contributed by atoms with Crippen LogP contribution in [0.1, 0.15) is 44.9 Å². The molecule has 3 aliphatic rings. The maximum atomic E-state index is 12.5. The Labute approximate surface area is 140 Å². The molecule has 2 atom stereocenters. The molecule has 0 spiro atoms. The van der Waals surface area contributed by atoms with Gasteiger partial charge in [0.1, 0.15) is 0 Å². The van der Waals surface area contributed by atoms with Crippen molar-refractivity contribution in [2.45, 2.75) is 57.0 Å². The number of nitrogens with zero attached hydrogens (tertiary/aromatic N) is 2. The average Bonchev–Trinajstić information content (AvgIpc) is 2.98. The molecule has 124 valence electrons. The van der Waals surface area contributed by atoms with E-state index >= 15 is 0 Å². The number of carbonyl (C=O) groups is 1. The fourth-order valence-corrected chi connectivity index (χ4v) is 3.81. The molecule has 0 aromatic carbocycles. The van der Waals surface area contributed by atoms with Crippen LogP contribution in [-0.4, -0.2) is 60.5 Å². The summed E-state index contributed by atoms with van der Waals surface area (Å²) in [5, 5.41) is 3.39. The third kappa shape index (κ3) is 4.72. The molecule has 3 aliphatic heterocycles. The van der Waals surface area contributed by atoms with E-state index in [-0.39, 0.29) is 30.9 Å². The van der Waals surface area contributed by atoms with Crippen molar-refractivity contribution >= 4 is 30.7 Å². The molecule has 0 aliphatic carbocycles. The Morgan fingerprint density at radius 3 is 2.33 bits per heavy atom. The highest BCUT2D eigenvalue weighted by Gasteiger charge is 2.34. The summed E-state index contributed by atoms with van der Waals surface area (Å²) in [6.07, 6.45) is 8.70. The van der Waals surface area contributed by atoms with E-state index in [1.807, 2.05) is 0 Å². The standard InChI is InChI=1S/C15H27N3O.2ClH/c19-15(14-6-2-3-8-16-14)18-11-7-13(12-18)17-9-4-1-5-10-17;;/h13-14,16H,1-12H2;2*1H/t13?,14-;;/m0../s1. The number of hydrogen-bond donors (Lipinski definition) is 1. The van der Waals surface area contributed by atoms with Gasteiger partial charge in [-0.05, 0) is 51.7 Å². The van der Waals surface area contributed by atoms with Gasteiger partial charge in [-0.25, -0.2) is 0 Å². The predicted octanol–water partition coefficient (Wildman–Crippen LogP) is 2.06. The Morgan fingerprint density at radius 1 is 0.905 bits per heavy atom. The molecule has 0 aromatic rings. The summed E-state index contributed by atoms with van der Waals surface area (Å²) in [4.78, 5) is 17.2. The van der Waals surface area contributed by atoms with E-state index in [4.69, 9.17) is 0 Å². The van der Waals surface area contributed by atoms with E-state index in [2.05, 4.69) is 15.1 Å². The fraction of sp³-hybridized carbons (Fsp3) is 0.933. The highest BCUT2D eigenvalue weighted by Crippen LogP contribution is 2.21. The topological polar surface area (TPSA) is 35.6 Å². The van der Waals surface area contributed by atoms with Crippen molar-refractivity contribution in [1.82, 2.24) is 15.1 Å².